The summed E-state index contributed by atoms with van der Waals surface area (Å²) >= 11 is 1.94. The average Bonchev–Trinajstić information content (AvgIpc) is 2.10. The average molecular weight is 297 g/mol. The minimum atomic E-state index is -0.564. The lowest BCUT2D eigenvalue weighted by molar-refractivity contribution is -0.155. The molecule has 0 N–H and O–H groups in total. The van der Waals surface area contributed by atoms with Crippen LogP contribution in [0.3, 0.4) is 0 Å². The van der Waals surface area contributed by atoms with Crippen LogP contribution in [0.5, 0.6) is 0 Å². The van der Waals surface area contributed by atoms with E-state index in [1.165, 1.54) is 0 Å². The van der Waals surface area contributed by atoms with Gasteiger partial charge in [0.15, 0.2) is 0 Å². The zero-order valence-corrected chi connectivity index (χ0v) is 9.61. The molecule has 0 aliphatic carbocycles. The highest BCUT2D eigenvalue weighted by atomic mass is 127. The second-order valence-electron chi connectivity index (χ2n) is 2.87. The monoisotopic (exact) mass is 297 g/mol. The van der Waals surface area contributed by atoms with Gasteiger partial charge in [-0.2, -0.15) is 0 Å². The molecule has 0 bridgehead atoms. The number of piperidine rings is 1. The van der Waals surface area contributed by atoms with Crippen LogP contribution < -0.4 is 0 Å². The quantitative estimate of drug-likeness (QED) is 0.332. The Bertz CT molecular complexity index is 219. The van der Waals surface area contributed by atoms with Crippen LogP contribution in [0.1, 0.15) is 19.8 Å². The van der Waals surface area contributed by atoms with Crippen LogP contribution >= 0.6 is 22.9 Å². The molecule has 1 rings (SSSR count). The summed E-state index contributed by atoms with van der Waals surface area (Å²) in [6.45, 7) is 2.81. The number of carbonyl (C=O) groups is 2. The van der Waals surface area contributed by atoms with Crippen molar-refractivity contribution < 1.29 is 14.3 Å². The maximum Gasteiger partial charge on any atom is 0.318 e. The van der Waals surface area contributed by atoms with Crippen molar-refractivity contribution in [1.29, 1.82) is 0 Å². The molecule has 0 spiro atoms. The van der Waals surface area contributed by atoms with Crippen LogP contribution in [-0.4, -0.2) is 28.1 Å². The summed E-state index contributed by atoms with van der Waals surface area (Å²) in [5.74, 6) is -1.07. The lowest BCUT2D eigenvalue weighted by Gasteiger charge is -2.25. The minimum absolute atomic E-state index is 0.120. The van der Waals surface area contributed by atoms with Gasteiger partial charge in [0.05, 0.1) is 29.5 Å². The van der Waals surface area contributed by atoms with E-state index in [0.29, 0.717) is 13.0 Å². The first-order valence-corrected chi connectivity index (χ1v) is 5.27. The van der Waals surface area contributed by atoms with Crippen LogP contribution in [0, 0.1) is 5.92 Å². The Morgan fingerprint density at radius 2 is 2.46 bits per heavy atom. The number of esters is 1. The van der Waals surface area contributed by atoms with Crippen LogP contribution in [0.15, 0.2) is 0 Å². The zero-order chi connectivity index (χ0) is 9.84. The Morgan fingerprint density at radius 3 is 3.08 bits per heavy atom. The number of carbonyl (C=O) groups excluding carboxylic acids is 2. The lowest BCUT2D eigenvalue weighted by atomic mass is 9.99. The number of halogens is 1. The minimum Gasteiger partial charge on any atom is -0.465 e. The molecule has 1 fully saturated rings. The van der Waals surface area contributed by atoms with Gasteiger partial charge in [-0.3, -0.25) is 12.7 Å². The van der Waals surface area contributed by atoms with Crippen molar-refractivity contribution in [3.05, 3.63) is 0 Å². The molecule has 1 unspecified atom stereocenters. The number of ether oxygens (including phenoxy) is 1. The standard InChI is InChI=1S/C8H12INO3/c1-2-13-8(12)6-4-3-5-10(9)7(6)11/h6H,2-5H2,1H3. The summed E-state index contributed by atoms with van der Waals surface area (Å²) in [5, 5.41) is 0. The van der Waals surface area contributed by atoms with Gasteiger partial charge in [0.2, 0.25) is 5.91 Å². The molecule has 5 heteroatoms. The molecule has 74 valence electrons. The van der Waals surface area contributed by atoms with Gasteiger partial charge >= 0.3 is 5.97 Å². The third kappa shape index (κ3) is 2.55. The van der Waals surface area contributed by atoms with E-state index < -0.39 is 5.92 Å². The van der Waals surface area contributed by atoms with Gasteiger partial charge in [0, 0.05) is 6.54 Å². The van der Waals surface area contributed by atoms with Gasteiger partial charge in [0.25, 0.3) is 0 Å². The Kier molecular flexibility index (Phi) is 3.95. The van der Waals surface area contributed by atoms with E-state index in [1.54, 1.807) is 10.0 Å². The van der Waals surface area contributed by atoms with E-state index in [-0.39, 0.29) is 11.9 Å². The highest BCUT2D eigenvalue weighted by Crippen LogP contribution is 2.21. The molecule has 0 saturated carbocycles. The predicted molar refractivity (Wildman–Crippen MR) is 55.1 cm³/mol. The van der Waals surface area contributed by atoms with Crippen molar-refractivity contribution in [3.63, 3.8) is 0 Å². The summed E-state index contributed by atoms with van der Waals surface area (Å²) < 4.78 is 6.37. The SMILES string of the molecule is CCOC(=O)C1CCCN(I)C1=O. The Balaban J connectivity index is 2.57. The maximum atomic E-state index is 11.5. The molecule has 1 aliphatic rings. The largest absolute Gasteiger partial charge is 0.465 e. The molecule has 0 aromatic carbocycles. The summed E-state index contributed by atoms with van der Waals surface area (Å²) in [4.78, 5) is 22.7. The maximum absolute atomic E-state index is 11.5. The highest BCUT2D eigenvalue weighted by Gasteiger charge is 2.34. The summed E-state index contributed by atoms with van der Waals surface area (Å²) in [7, 11) is 0. The van der Waals surface area contributed by atoms with Gasteiger partial charge < -0.3 is 4.74 Å². The third-order valence-electron chi connectivity index (χ3n) is 1.96. The van der Waals surface area contributed by atoms with Gasteiger partial charge in [0.1, 0.15) is 5.92 Å². The van der Waals surface area contributed by atoms with Crippen molar-refractivity contribution in [3.8, 4) is 0 Å². The molecular formula is C8H12INO3. The Morgan fingerprint density at radius 1 is 1.77 bits per heavy atom. The van der Waals surface area contributed by atoms with Crippen molar-refractivity contribution in [2.24, 2.45) is 5.92 Å². The molecule has 0 aromatic heterocycles. The summed E-state index contributed by atoms with van der Waals surface area (Å²) in [6.07, 6.45) is 1.50. The normalized spacial score (nSPS) is 23.1. The first-order valence-electron chi connectivity index (χ1n) is 4.30. The highest BCUT2D eigenvalue weighted by molar-refractivity contribution is 14.1. The molecule has 13 heavy (non-hydrogen) atoms. The van der Waals surface area contributed by atoms with Crippen molar-refractivity contribution in [1.82, 2.24) is 3.11 Å². The fourth-order valence-electron chi connectivity index (χ4n) is 1.30. The molecule has 1 heterocycles. The number of nitrogens with zero attached hydrogens (tertiary/aromatic N) is 1. The zero-order valence-electron chi connectivity index (χ0n) is 7.46. The van der Waals surface area contributed by atoms with E-state index in [0.717, 1.165) is 13.0 Å². The molecule has 4 nitrogen and oxygen atoms in total. The molecular weight excluding hydrogens is 285 g/mol. The number of amides is 1. The van der Waals surface area contributed by atoms with E-state index in [9.17, 15) is 9.59 Å². The van der Waals surface area contributed by atoms with Crippen LogP contribution in [-0.2, 0) is 14.3 Å². The first kappa shape index (κ1) is 10.7. The topological polar surface area (TPSA) is 46.6 Å². The fraction of sp³-hybridized carbons (Fsp3) is 0.750. The van der Waals surface area contributed by atoms with E-state index >= 15 is 0 Å². The molecule has 1 saturated heterocycles. The van der Waals surface area contributed by atoms with Crippen molar-refractivity contribution in [2.45, 2.75) is 19.8 Å². The van der Waals surface area contributed by atoms with E-state index in [4.69, 9.17) is 4.74 Å². The Labute approximate surface area is 91.1 Å². The molecule has 1 aliphatic heterocycles. The lowest BCUT2D eigenvalue weighted by Crippen LogP contribution is -2.39. The smallest absolute Gasteiger partial charge is 0.318 e. The number of hydrogen-bond acceptors (Lipinski definition) is 3. The summed E-state index contributed by atoms with van der Waals surface area (Å²) in [6, 6.07) is 0. The molecule has 1 amide bonds. The predicted octanol–water partition coefficient (Wildman–Crippen LogP) is 1.14. The first-order chi connectivity index (χ1) is 6.16. The van der Waals surface area contributed by atoms with Gasteiger partial charge in [-0.25, -0.2) is 0 Å². The Hall–Kier alpha value is -0.330. The van der Waals surface area contributed by atoms with Gasteiger partial charge in [-0.1, -0.05) is 0 Å². The van der Waals surface area contributed by atoms with Crippen molar-refractivity contribution in [2.75, 3.05) is 13.2 Å². The van der Waals surface area contributed by atoms with Crippen molar-refractivity contribution >= 4 is 34.7 Å². The van der Waals surface area contributed by atoms with Crippen LogP contribution in [0.4, 0.5) is 0 Å². The summed E-state index contributed by atoms with van der Waals surface area (Å²) in [5.41, 5.74) is 0. The van der Waals surface area contributed by atoms with Crippen LogP contribution in [0.25, 0.3) is 0 Å². The number of rotatable bonds is 2. The van der Waals surface area contributed by atoms with Crippen LogP contribution in [0.2, 0.25) is 0 Å². The molecule has 0 aromatic rings. The van der Waals surface area contributed by atoms with E-state index in [2.05, 4.69) is 0 Å². The second kappa shape index (κ2) is 4.78. The van der Waals surface area contributed by atoms with Gasteiger partial charge in [-0.15, -0.1) is 0 Å². The van der Waals surface area contributed by atoms with Gasteiger partial charge in [-0.05, 0) is 19.8 Å². The third-order valence-corrected chi connectivity index (χ3v) is 2.91. The second-order valence-corrected chi connectivity index (χ2v) is 4.04. The molecule has 1 atom stereocenters. The van der Waals surface area contributed by atoms with E-state index in [1.807, 2.05) is 22.9 Å². The number of hydrogen-bond donors (Lipinski definition) is 0. The fourth-order valence-corrected chi connectivity index (χ4v) is 1.98. The molecule has 0 radical (unpaired) electrons.